The van der Waals surface area contributed by atoms with Crippen LogP contribution in [0, 0.1) is 12.8 Å². The van der Waals surface area contributed by atoms with Gasteiger partial charge in [-0.1, -0.05) is 17.3 Å². The quantitative estimate of drug-likeness (QED) is 0.678. The molecule has 1 fully saturated rings. The summed E-state index contributed by atoms with van der Waals surface area (Å²) in [6, 6.07) is 8.21. The number of alkyl halides is 3. The summed E-state index contributed by atoms with van der Waals surface area (Å²) in [4.78, 5) is 17.9. The molecule has 2 aromatic heterocycles. The topological polar surface area (TPSA) is 64.2 Å². The summed E-state index contributed by atoms with van der Waals surface area (Å²) < 4.78 is 46.5. The van der Waals surface area contributed by atoms with E-state index in [4.69, 9.17) is 4.52 Å². The van der Waals surface area contributed by atoms with E-state index in [1.165, 1.54) is 4.57 Å². The molecule has 1 amide bonds. The van der Waals surface area contributed by atoms with Crippen LogP contribution < -0.4 is 0 Å². The van der Waals surface area contributed by atoms with Crippen LogP contribution in [0.2, 0.25) is 0 Å². The van der Waals surface area contributed by atoms with E-state index in [0.717, 1.165) is 0 Å². The molecule has 0 N–H and O–H groups in total. The summed E-state index contributed by atoms with van der Waals surface area (Å²) in [6.45, 7) is 2.89. The zero-order valence-electron chi connectivity index (χ0n) is 15.2. The number of halogens is 3. The average Bonchev–Trinajstić information content (AvgIpc) is 3.26. The number of benzene rings is 1. The van der Waals surface area contributed by atoms with Crippen molar-refractivity contribution in [1.29, 1.82) is 0 Å². The highest BCUT2D eigenvalue weighted by atomic mass is 19.4. The lowest BCUT2D eigenvalue weighted by Crippen LogP contribution is -2.39. The number of amides is 1. The minimum Gasteiger partial charge on any atom is -0.361 e. The van der Waals surface area contributed by atoms with Crippen LogP contribution in [0.5, 0.6) is 0 Å². The van der Waals surface area contributed by atoms with Crippen molar-refractivity contribution in [2.45, 2.75) is 32.5 Å². The Labute approximate surface area is 158 Å². The molecule has 6 nitrogen and oxygen atoms in total. The van der Waals surface area contributed by atoms with Gasteiger partial charge in [0.15, 0.2) is 5.69 Å². The van der Waals surface area contributed by atoms with Gasteiger partial charge < -0.3 is 14.0 Å². The summed E-state index contributed by atoms with van der Waals surface area (Å²) in [7, 11) is 0. The number of para-hydroxylation sites is 2. The Balaban J connectivity index is 1.49. The molecule has 0 radical (unpaired) electrons. The highest BCUT2D eigenvalue weighted by molar-refractivity contribution is 5.92. The van der Waals surface area contributed by atoms with Gasteiger partial charge in [0, 0.05) is 25.7 Å². The van der Waals surface area contributed by atoms with Gasteiger partial charge in [-0.05, 0) is 37.8 Å². The lowest BCUT2D eigenvalue weighted by Gasteiger charge is -2.32. The Morgan fingerprint density at radius 2 is 1.96 bits per heavy atom. The first-order valence-corrected chi connectivity index (χ1v) is 9.08. The van der Waals surface area contributed by atoms with Crippen LogP contribution in [-0.2, 0) is 12.7 Å². The summed E-state index contributed by atoms with van der Waals surface area (Å²) in [6.07, 6.45) is -3.28. The minimum absolute atomic E-state index is 0.0294. The van der Waals surface area contributed by atoms with Gasteiger partial charge in [0.05, 0.1) is 11.0 Å². The van der Waals surface area contributed by atoms with Crippen molar-refractivity contribution in [2.75, 3.05) is 13.1 Å². The van der Waals surface area contributed by atoms with Crippen LogP contribution >= 0.6 is 0 Å². The standard InChI is InChI=1S/C19H19F3N4O2/c1-12-10-15(24-28-12)17(27)25-8-6-13(7-9-25)11-26-16-5-3-2-4-14(16)23-18(26)19(20,21)22/h2-5,10,13H,6-9,11H2,1H3. The first kappa shape index (κ1) is 18.5. The van der Waals surface area contributed by atoms with Gasteiger partial charge in [0.25, 0.3) is 5.91 Å². The molecule has 0 saturated carbocycles. The van der Waals surface area contributed by atoms with Gasteiger partial charge in [0.1, 0.15) is 5.76 Å². The second kappa shape index (κ2) is 6.96. The first-order valence-electron chi connectivity index (χ1n) is 9.08. The third kappa shape index (κ3) is 3.48. The van der Waals surface area contributed by atoms with Crippen LogP contribution in [0.3, 0.4) is 0 Å². The Morgan fingerprint density at radius 1 is 1.25 bits per heavy atom. The lowest BCUT2D eigenvalue weighted by atomic mass is 9.96. The van der Waals surface area contributed by atoms with Crippen LogP contribution in [0.15, 0.2) is 34.9 Å². The maximum Gasteiger partial charge on any atom is 0.449 e. The second-order valence-electron chi connectivity index (χ2n) is 7.09. The normalized spacial score (nSPS) is 16.1. The van der Waals surface area contributed by atoms with Gasteiger partial charge in [-0.2, -0.15) is 13.2 Å². The number of nitrogens with zero attached hydrogens (tertiary/aromatic N) is 4. The number of imidazole rings is 1. The summed E-state index contributed by atoms with van der Waals surface area (Å²) in [5, 5.41) is 3.74. The molecule has 1 aliphatic rings. The van der Waals surface area contributed by atoms with E-state index in [1.807, 2.05) is 0 Å². The van der Waals surface area contributed by atoms with Crippen molar-refractivity contribution in [1.82, 2.24) is 19.6 Å². The van der Waals surface area contributed by atoms with E-state index in [2.05, 4.69) is 10.1 Å². The fraction of sp³-hybridized carbons (Fsp3) is 0.421. The smallest absolute Gasteiger partial charge is 0.361 e. The van der Waals surface area contributed by atoms with Gasteiger partial charge in [0.2, 0.25) is 5.82 Å². The van der Waals surface area contributed by atoms with Crippen LogP contribution in [0.1, 0.15) is 34.9 Å². The summed E-state index contributed by atoms with van der Waals surface area (Å²) in [5.74, 6) is -0.489. The van der Waals surface area contributed by atoms with Crippen molar-refractivity contribution in [3.63, 3.8) is 0 Å². The molecular formula is C19H19F3N4O2. The number of aryl methyl sites for hydroxylation is 1. The van der Waals surface area contributed by atoms with Crippen LogP contribution in [-0.4, -0.2) is 38.6 Å². The lowest BCUT2D eigenvalue weighted by molar-refractivity contribution is -0.147. The van der Waals surface area contributed by atoms with E-state index in [9.17, 15) is 18.0 Å². The molecule has 1 saturated heterocycles. The third-order valence-corrected chi connectivity index (χ3v) is 5.10. The fourth-order valence-electron chi connectivity index (χ4n) is 3.68. The molecular weight excluding hydrogens is 373 g/mol. The SMILES string of the molecule is Cc1cc(C(=O)N2CCC(Cn3c(C(F)(F)F)nc4ccccc43)CC2)no1. The van der Waals surface area contributed by atoms with E-state index < -0.39 is 12.0 Å². The molecule has 3 heterocycles. The van der Waals surface area contributed by atoms with Gasteiger partial charge in [-0.3, -0.25) is 4.79 Å². The maximum absolute atomic E-state index is 13.4. The number of piperidine rings is 1. The number of fused-ring (bicyclic) bond motifs is 1. The Kier molecular flexibility index (Phi) is 4.60. The number of rotatable bonds is 3. The van der Waals surface area contributed by atoms with Crippen molar-refractivity contribution < 1.29 is 22.5 Å². The molecule has 3 aromatic rings. The predicted octanol–water partition coefficient (Wildman–Crippen LogP) is 3.90. The third-order valence-electron chi connectivity index (χ3n) is 5.10. The second-order valence-corrected chi connectivity index (χ2v) is 7.09. The van der Waals surface area contributed by atoms with Crippen molar-refractivity contribution >= 4 is 16.9 Å². The van der Waals surface area contributed by atoms with Crippen molar-refractivity contribution in [3.8, 4) is 0 Å². The van der Waals surface area contributed by atoms with Gasteiger partial charge in [-0.15, -0.1) is 0 Å². The molecule has 148 valence electrons. The molecule has 28 heavy (non-hydrogen) atoms. The number of carbonyl (C=O) groups is 1. The summed E-state index contributed by atoms with van der Waals surface area (Å²) >= 11 is 0. The zero-order valence-corrected chi connectivity index (χ0v) is 15.2. The van der Waals surface area contributed by atoms with E-state index in [1.54, 1.807) is 42.2 Å². The van der Waals surface area contributed by atoms with Crippen molar-refractivity contribution in [2.24, 2.45) is 5.92 Å². The Bertz CT molecular complexity index is 1000. The highest BCUT2D eigenvalue weighted by Crippen LogP contribution is 2.33. The zero-order chi connectivity index (χ0) is 19.9. The summed E-state index contributed by atoms with van der Waals surface area (Å²) in [5.41, 5.74) is 1.08. The largest absolute Gasteiger partial charge is 0.449 e. The van der Waals surface area contributed by atoms with Crippen LogP contribution in [0.4, 0.5) is 13.2 Å². The van der Waals surface area contributed by atoms with Gasteiger partial charge >= 0.3 is 6.18 Å². The monoisotopic (exact) mass is 392 g/mol. The molecule has 0 unspecified atom stereocenters. The average molecular weight is 392 g/mol. The van der Waals surface area contributed by atoms with E-state index >= 15 is 0 Å². The van der Waals surface area contributed by atoms with E-state index in [-0.39, 0.29) is 24.1 Å². The first-order chi connectivity index (χ1) is 13.3. The Hall–Kier alpha value is -2.84. The molecule has 0 bridgehead atoms. The van der Waals surface area contributed by atoms with Crippen molar-refractivity contribution in [3.05, 3.63) is 47.6 Å². The number of aromatic nitrogens is 3. The molecule has 1 aromatic carbocycles. The molecule has 0 spiro atoms. The molecule has 0 aliphatic carbocycles. The number of hydrogen-bond donors (Lipinski definition) is 0. The highest BCUT2D eigenvalue weighted by Gasteiger charge is 2.38. The minimum atomic E-state index is -4.51. The van der Waals surface area contributed by atoms with Crippen LogP contribution in [0.25, 0.3) is 11.0 Å². The number of likely N-dealkylation sites (tertiary alicyclic amines) is 1. The fourth-order valence-corrected chi connectivity index (χ4v) is 3.68. The predicted molar refractivity (Wildman–Crippen MR) is 94.6 cm³/mol. The Morgan fingerprint density at radius 3 is 2.61 bits per heavy atom. The maximum atomic E-state index is 13.4. The molecule has 1 aliphatic heterocycles. The molecule has 0 atom stereocenters. The van der Waals surface area contributed by atoms with E-state index in [0.29, 0.717) is 42.7 Å². The molecule has 9 heteroatoms. The number of hydrogen-bond acceptors (Lipinski definition) is 4. The number of carbonyl (C=O) groups excluding carboxylic acids is 1. The van der Waals surface area contributed by atoms with Gasteiger partial charge in [-0.25, -0.2) is 4.98 Å². The molecule has 4 rings (SSSR count).